The number of benzene rings is 1. The summed E-state index contributed by atoms with van der Waals surface area (Å²) in [6.45, 7) is 2.07. The Labute approximate surface area is 140 Å². The van der Waals surface area contributed by atoms with Gasteiger partial charge >= 0.3 is 5.97 Å². The van der Waals surface area contributed by atoms with Crippen molar-refractivity contribution in [2.24, 2.45) is 0 Å². The number of aliphatic carboxylic acids is 1. The molecule has 0 aliphatic carbocycles. The highest BCUT2D eigenvalue weighted by Gasteiger charge is 2.18. The van der Waals surface area contributed by atoms with Crippen LogP contribution >= 0.6 is 0 Å². The van der Waals surface area contributed by atoms with E-state index in [0.717, 1.165) is 23.4 Å². The van der Waals surface area contributed by atoms with Crippen molar-refractivity contribution in [1.29, 1.82) is 0 Å². The minimum absolute atomic E-state index is 0.0684. The predicted molar refractivity (Wildman–Crippen MR) is 88.0 cm³/mol. The van der Waals surface area contributed by atoms with Crippen molar-refractivity contribution in [3.05, 3.63) is 53.9 Å². The van der Waals surface area contributed by atoms with Gasteiger partial charge < -0.3 is 14.6 Å². The average molecular weight is 328 g/mol. The number of carboxylic acid groups (broad SMARTS) is 1. The number of hydrogen-bond donors (Lipinski definition) is 1. The molecule has 0 unspecified atom stereocenters. The van der Waals surface area contributed by atoms with Crippen LogP contribution in [0.4, 0.5) is 0 Å². The van der Waals surface area contributed by atoms with E-state index in [9.17, 15) is 9.90 Å². The minimum atomic E-state index is -0.870. The zero-order valence-electron chi connectivity index (χ0n) is 13.4. The number of pyridine rings is 1. The molecule has 6 heteroatoms. The van der Waals surface area contributed by atoms with Crippen molar-refractivity contribution >= 4 is 5.97 Å². The first-order valence-electron chi connectivity index (χ1n) is 7.94. The largest absolute Gasteiger partial charge is 0.490 e. The molecule has 1 aliphatic heterocycles. The summed E-state index contributed by atoms with van der Waals surface area (Å²) >= 11 is 0. The van der Waals surface area contributed by atoms with Crippen molar-refractivity contribution in [2.45, 2.75) is 19.5 Å². The van der Waals surface area contributed by atoms with Crippen molar-refractivity contribution in [3.8, 4) is 11.5 Å². The van der Waals surface area contributed by atoms with Gasteiger partial charge in [0.2, 0.25) is 0 Å². The molecule has 24 heavy (non-hydrogen) atoms. The molecule has 0 bridgehead atoms. The van der Waals surface area contributed by atoms with Crippen LogP contribution in [0.1, 0.15) is 17.7 Å². The van der Waals surface area contributed by atoms with Crippen LogP contribution in [-0.4, -0.2) is 40.7 Å². The van der Waals surface area contributed by atoms with E-state index in [1.165, 1.54) is 0 Å². The van der Waals surface area contributed by atoms with Crippen LogP contribution in [0.15, 0.2) is 42.6 Å². The van der Waals surface area contributed by atoms with Gasteiger partial charge in [0.05, 0.1) is 25.5 Å². The monoisotopic (exact) mass is 328 g/mol. The Balaban J connectivity index is 1.81. The second kappa shape index (κ2) is 7.79. The first-order valence-corrected chi connectivity index (χ1v) is 7.94. The van der Waals surface area contributed by atoms with Gasteiger partial charge in [-0.3, -0.25) is 14.7 Å². The number of para-hydroxylation sites is 1. The van der Waals surface area contributed by atoms with E-state index in [2.05, 4.69) is 4.98 Å². The summed E-state index contributed by atoms with van der Waals surface area (Å²) in [7, 11) is 0. The van der Waals surface area contributed by atoms with Gasteiger partial charge in [-0.2, -0.15) is 0 Å². The van der Waals surface area contributed by atoms with Crippen LogP contribution in [0.3, 0.4) is 0 Å². The first-order chi connectivity index (χ1) is 11.7. The summed E-state index contributed by atoms with van der Waals surface area (Å²) in [6.07, 6.45) is 2.54. The van der Waals surface area contributed by atoms with Crippen LogP contribution in [0.5, 0.6) is 11.5 Å². The molecule has 2 heterocycles. The van der Waals surface area contributed by atoms with Crippen LogP contribution in [0.25, 0.3) is 0 Å². The van der Waals surface area contributed by atoms with Crippen molar-refractivity contribution in [1.82, 2.24) is 9.88 Å². The third-order valence-corrected chi connectivity index (χ3v) is 3.72. The number of hydrogen-bond acceptors (Lipinski definition) is 5. The number of nitrogens with zero attached hydrogens (tertiary/aromatic N) is 2. The average Bonchev–Trinajstić information content (AvgIpc) is 2.81. The SMILES string of the molecule is O=C(O)CN(Cc1ccccn1)Cc1cccc2c1OCCCO2. The van der Waals surface area contributed by atoms with Crippen molar-refractivity contribution in [3.63, 3.8) is 0 Å². The smallest absolute Gasteiger partial charge is 0.317 e. The molecule has 6 nitrogen and oxygen atoms in total. The highest BCUT2D eigenvalue weighted by atomic mass is 16.5. The van der Waals surface area contributed by atoms with Gasteiger partial charge in [0.1, 0.15) is 0 Å². The fourth-order valence-electron chi connectivity index (χ4n) is 2.70. The maximum Gasteiger partial charge on any atom is 0.317 e. The fourth-order valence-corrected chi connectivity index (χ4v) is 2.70. The molecule has 0 saturated heterocycles. The molecule has 126 valence electrons. The number of rotatable bonds is 6. The predicted octanol–water partition coefficient (Wildman–Crippen LogP) is 2.33. The Morgan fingerprint density at radius 2 is 2.00 bits per heavy atom. The lowest BCUT2D eigenvalue weighted by Crippen LogP contribution is -2.29. The molecule has 0 amide bonds. The standard InChI is InChI=1S/C18H20N2O4/c21-17(22)13-20(12-15-6-1-2-8-19-15)11-14-5-3-7-16-18(14)24-10-4-9-23-16/h1-3,5-8H,4,9-13H2,(H,21,22). The molecule has 1 aromatic heterocycles. The highest BCUT2D eigenvalue weighted by molar-refractivity contribution is 5.69. The molecule has 1 aromatic carbocycles. The van der Waals surface area contributed by atoms with Crippen molar-refractivity contribution in [2.75, 3.05) is 19.8 Å². The van der Waals surface area contributed by atoms with E-state index >= 15 is 0 Å². The second-order valence-corrected chi connectivity index (χ2v) is 5.65. The number of aromatic nitrogens is 1. The zero-order valence-corrected chi connectivity index (χ0v) is 13.4. The van der Waals surface area contributed by atoms with Crippen LogP contribution in [0.2, 0.25) is 0 Å². The lowest BCUT2D eigenvalue weighted by molar-refractivity contribution is -0.138. The summed E-state index contributed by atoms with van der Waals surface area (Å²) in [5.41, 5.74) is 1.75. The highest BCUT2D eigenvalue weighted by Crippen LogP contribution is 2.34. The molecule has 3 rings (SSSR count). The van der Waals surface area contributed by atoms with E-state index in [0.29, 0.717) is 32.1 Å². The molecule has 0 spiro atoms. The summed E-state index contributed by atoms with van der Waals surface area (Å²) < 4.78 is 11.5. The zero-order chi connectivity index (χ0) is 16.8. The molecule has 0 fully saturated rings. The van der Waals surface area contributed by atoms with E-state index in [4.69, 9.17) is 9.47 Å². The molecule has 0 saturated carbocycles. The van der Waals surface area contributed by atoms with E-state index < -0.39 is 5.97 Å². The maximum absolute atomic E-state index is 11.2. The number of ether oxygens (including phenoxy) is 2. The second-order valence-electron chi connectivity index (χ2n) is 5.65. The quantitative estimate of drug-likeness (QED) is 0.877. The first kappa shape index (κ1) is 16.3. The molecule has 1 N–H and O–H groups in total. The third kappa shape index (κ3) is 4.23. The van der Waals surface area contributed by atoms with Gasteiger partial charge in [-0.25, -0.2) is 0 Å². The van der Waals surface area contributed by atoms with Gasteiger partial charge in [-0.15, -0.1) is 0 Å². The molecule has 0 atom stereocenters. The summed E-state index contributed by atoms with van der Waals surface area (Å²) in [4.78, 5) is 17.3. The Morgan fingerprint density at radius 3 is 2.79 bits per heavy atom. The van der Waals surface area contributed by atoms with Crippen LogP contribution < -0.4 is 9.47 Å². The molecule has 2 aromatic rings. The summed E-state index contributed by atoms with van der Waals surface area (Å²) in [5, 5.41) is 9.21. The summed E-state index contributed by atoms with van der Waals surface area (Å²) in [5.74, 6) is 0.564. The lowest BCUT2D eigenvalue weighted by atomic mass is 10.1. The topological polar surface area (TPSA) is 71.9 Å². The molecule has 0 radical (unpaired) electrons. The Hall–Kier alpha value is -2.60. The maximum atomic E-state index is 11.2. The van der Waals surface area contributed by atoms with E-state index in [1.807, 2.05) is 41.3 Å². The van der Waals surface area contributed by atoms with E-state index in [-0.39, 0.29) is 6.54 Å². The van der Waals surface area contributed by atoms with Gasteiger partial charge in [0.15, 0.2) is 11.5 Å². The number of carbonyl (C=O) groups is 1. The Morgan fingerprint density at radius 1 is 1.12 bits per heavy atom. The fraction of sp³-hybridized carbons (Fsp3) is 0.333. The number of carboxylic acids is 1. The summed E-state index contributed by atoms with van der Waals surface area (Å²) in [6, 6.07) is 11.4. The van der Waals surface area contributed by atoms with Gasteiger partial charge in [-0.1, -0.05) is 18.2 Å². The van der Waals surface area contributed by atoms with Gasteiger partial charge in [-0.05, 0) is 18.2 Å². The van der Waals surface area contributed by atoms with Gasteiger partial charge in [0, 0.05) is 31.3 Å². The molecular weight excluding hydrogens is 308 g/mol. The third-order valence-electron chi connectivity index (χ3n) is 3.72. The van der Waals surface area contributed by atoms with E-state index in [1.54, 1.807) is 6.20 Å². The van der Waals surface area contributed by atoms with Crippen LogP contribution in [-0.2, 0) is 17.9 Å². The lowest BCUT2D eigenvalue weighted by Gasteiger charge is -2.22. The van der Waals surface area contributed by atoms with Gasteiger partial charge in [0.25, 0.3) is 0 Å². The Bertz CT molecular complexity index is 691. The minimum Gasteiger partial charge on any atom is -0.490 e. The molecular formula is C18H20N2O4. The number of fused-ring (bicyclic) bond motifs is 1. The normalized spacial score (nSPS) is 13.5. The molecule has 1 aliphatic rings. The van der Waals surface area contributed by atoms with Crippen molar-refractivity contribution < 1.29 is 19.4 Å². The van der Waals surface area contributed by atoms with Crippen LogP contribution in [0, 0.1) is 0 Å². The Kier molecular flexibility index (Phi) is 5.28.